The van der Waals surface area contributed by atoms with Gasteiger partial charge >= 0.3 is 5.97 Å². The molecular weight excluding hydrogens is 292 g/mol. The summed E-state index contributed by atoms with van der Waals surface area (Å²) in [5.41, 5.74) is 11.5. The molecule has 0 heterocycles. The predicted molar refractivity (Wildman–Crippen MR) is 92.1 cm³/mol. The van der Waals surface area contributed by atoms with Gasteiger partial charge in [0.25, 0.3) is 0 Å². The molecule has 0 unspecified atom stereocenters. The van der Waals surface area contributed by atoms with Gasteiger partial charge in [-0.3, -0.25) is 9.79 Å². The minimum Gasteiger partial charge on any atom is -0.480 e. The maximum absolute atomic E-state index is 11.3. The smallest absolute Gasteiger partial charge is 0.320 e. The first-order valence-corrected chi connectivity index (χ1v) is 7.55. The van der Waals surface area contributed by atoms with E-state index in [1.165, 1.54) is 5.39 Å². The number of aliphatic imine (C=N–C) groups is 1. The molecule has 2 rings (SSSR count). The van der Waals surface area contributed by atoms with Crippen molar-refractivity contribution in [1.82, 2.24) is 5.32 Å². The summed E-state index contributed by atoms with van der Waals surface area (Å²) in [4.78, 5) is 15.2. The first-order chi connectivity index (χ1) is 11.1. The van der Waals surface area contributed by atoms with Crippen LogP contribution in [0, 0.1) is 0 Å². The number of fused-ring (bicyclic) bond motifs is 1. The SMILES string of the molecule is NC(N)=NCCC[C@H](NCc1ccc2ccccc2c1)C(=O)O. The topological polar surface area (TPSA) is 114 Å². The number of benzene rings is 2. The molecule has 2 aromatic carbocycles. The second-order valence-electron chi connectivity index (χ2n) is 5.40. The molecule has 0 aromatic heterocycles. The summed E-state index contributed by atoms with van der Waals surface area (Å²) in [6, 6.07) is 13.6. The zero-order valence-electron chi connectivity index (χ0n) is 12.9. The number of hydrogen-bond donors (Lipinski definition) is 4. The van der Waals surface area contributed by atoms with E-state index in [2.05, 4.69) is 22.4 Å². The highest BCUT2D eigenvalue weighted by atomic mass is 16.4. The summed E-state index contributed by atoms with van der Waals surface area (Å²) >= 11 is 0. The Labute approximate surface area is 135 Å². The van der Waals surface area contributed by atoms with Crippen molar-refractivity contribution in [2.75, 3.05) is 6.54 Å². The van der Waals surface area contributed by atoms with Crippen molar-refractivity contribution >= 4 is 22.7 Å². The van der Waals surface area contributed by atoms with Crippen molar-refractivity contribution in [3.05, 3.63) is 48.0 Å². The molecule has 122 valence electrons. The van der Waals surface area contributed by atoms with E-state index in [0.29, 0.717) is 25.9 Å². The van der Waals surface area contributed by atoms with Crippen molar-refractivity contribution < 1.29 is 9.90 Å². The van der Waals surface area contributed by atoms with E-state index in [4.69, 9.17) is 11.5 Å². The number of carboxylic acid groups (broad SMARTS) is 1. The number of carbonyl (C=O) groups is 1. The van der Waals surface area contributed by atoms with Crippen molar-refractivity contribution in [2.45, 2.75) is 25.4 Å². The fraction of sp³-hybridized carbons (Fsp3) is 0.294. The molecule has 2 aromatic rings. The molecule has 0 saturated heterocycles. The van der Waals surface area contributed by atoms with E-state index in [9.17, 15) is 9.90 Å². The van der Waals surface area contributed by atoms with Gasteiger partial charge in [-0.25, -0.2) is 0 Å². The van der Waals surface area contributed by atoms with Gasteiger partial charge in [-0.2, -0.15) is 0 Å². The van der Waals surface area contributed by atoms with Gasteiger partial charge in [0, 0.05) is 13.1 Å². The minimum atomic E-state index is -0.865. The number of rotatable bonds is 8. The molecule has 0 fully saturated rings. The van der Waals surface area contributed by atoms with E-state index < -0.39 is 12.0 Å². The monoisotopic (exact) mass is 314 g/mol. The van der Waals surface area contributed by atoms with E-state index >= 15 is 0 Å². The lowest BCUT2D eigenvalue weighted by atomic mass is 10.1. The van der Waals surface area contributed by atoms with E-state index in [0.717, 1.165) is 10.9 Å². The lowest BCUT2D eigenvalue weighted by Gasteiger charge is -2.14. The Morgan fingerprint density at radius 3 is 2.61 bits per heavy atom. The van der Waals surface area contributed by atoms with Crippen LogP contribution in [0.25, 0.3) is 10.8 Å². The standard InChI is InChI=1S/C17H22N4O2/c18-17(19)20-9-3-6-15(16(22)23)21-11-12-7-8-13-4-1-2-5-14(13)10-12/h1-2,4-5,7-8,10,15,21H,3,6,9,11H2,(H,22,23)(H4,18,19,20)/t15-/m0/s1. The van der Waals surface area contributed by atoms with Gasteiger partial charge in [0.1, 0.15) is 6.04 Å². The van der Waals surface area contributed by atoms with Crippen molar-refractivity contribution in [3.63, 3.8) is 0 Å². The number of nitrogens with zero attached hydrogens (tertiary/aromatic N) is 1. The van der Waals surface area contributed by atoms with Gasteiger partial charge in [-0.05, 0) is 35.2 Å². The normalized spacial score (nSPS) is 12.0. The van der Waals surface area contributed by atoms with E-state index in [-0.39, 0.29) is 5.96 Å². The Morgan fingerprint density at radius 1 is 1.17 bits per heavy atom. The highest BCUT2D eigenvalue weighted by Crippen LogP contribution is 2.15. The highest BCUT2D eigenvalue weighted by Gasteiger charge is 2.16. The van der Waals surface area contributed by atoms with Crippen LogP contribution in [0.15, 0.2) is 47.5 Å². The zero-order valence-corrected chi connectivity index (χ0v) is 12.9. The fourth-order valence-corrected chi connectivity index (χ4v) is 2.41. The number of guanidine groups is 1. The van der Waals surface area contributed by atoms with Crippen molar-refractivity contribution in [2.24, 2.45) is 16.5 Å². The number of nitrogens with one attached hydrogen (secondary N) is 1. The maximum atomic E-state index is 11.3. The third kappa shape index (κ3) is 5.27. The molecule has 6 nitrogen and oxygen atoms in total. The van der Waals surface area contributed by atoms with Crippen LogP contribution in [0.5, 0.6) is 0 Å². The Kier molecular flexibility index (Phi) is 5.94. The molecule has 23 heavy (non-hydrogen) atoms. The summed E-state index contributed by atoms with van der Waals surface area (Å²) in [7, 11) is 0. The molecule has 0 bridgehead atoms. The lowest BCUT2D eigenvalue weighted by Crippen LogP contribution is -2.36. The average Bonchev–Trinajstić information content (AvgIpc) is 2.53. The summed E-state index contributed by atoms with van der Waals surface area (Å²) in [6.45, 7) is 0.938. The lowest BCUT2D eigenvalue weighted by molar-refractivity contribution is -0.139. The first-order valence-electron chi connectivity index (χ1n) is 7.55. The fourth-order valence-electron chi connectivity index (χ4n) is 2.41. The molecule has 0 radical (unpaired) electrons. The second kappa shape index (κ2) is 8.14. The first kappa shape index (κ1) is 16.8. The molecule has 6 N–H and O–H groups in total. The van der Waals surface area contributed by atoms with Crippen molar-refractivity contribution in [3.8, 4) is 0 Å². The van der Waals surface area contributed by atoms with Crippen LogP contribution in [0.1, 0.15) is 18.4 Å². The van der Waals surface area contributed by atoms with E-state index in [1.807, 2.05) is 30.3 Å². The molecule has 0 aliphatic heterocycles. The van der Waals surface area contributed by atoms with Crippen LogP contribution in [0.3, 0.4) is 0 Å². The largest absolute Gasteiger partial charge is 0.480 e. The Hall–Kier alpha value is -2.60. The molecular formula is C17H22N4O2. The third-order valence-corrected chi connectivity index (χ3v) is 3.61. The molecule has 0 aliphatic carbocycles. The minimum absolute atomic E-state index is 0.0287. The second-order valence-corrected chi connectivity index (χ2v) is 5.40. The quantitative estimate of drug-likeness (QED) is 0.334. The number of aliphatic carboxylic acids is 1. The van der Waals surface area contributed by atoms with Gasteiger partial charge in [0.15, 0.2) is 5.96 Å². The van der Waals surface area contributed by atoms with Crippen LogP contribution in [-0.2, 0) is 11.3 Å². The molecule has 0 saturated carbocycles. The van der Waals surface area contributed by atoms with Crippen LogP contribution >= 0.6 is 0 Å². The molecule has 0 amide bonds. The van der Waals surface area contributed by atoms with Crippen LogP contribution in [-0.4, -0.2) is 29.6 Å². The number of nitrogens with two attached hydrogens (primary N) is 2. The Bertz CT molecular complexity index is 696. The predicted octanol–water partition coefficient (Wildman–Crippen LogP) is 1.44. The third-order valence-electron chi connectivity index (χ3n) is 3.61. The number of carboxylic acids is 1. The average molecular weight is 314 g/mol. The maximum Gasteiger partial charge on any atom is 0.320 e. The summed E-state index contributed by atoms with van der Waals surface area (Å²) < 4.78 is 0. The van der Waals surface area contributed by atoms with Crippen LogP contribution in [0.4, 0.5) is 0 Å². The summed E-state index contributed by atoms with van der Waals surface area (Å²) in [6.07, 6.45) is 1.08. The van der Waals surface area contributed by atoms with Crippen LogP contribution < -0.4 is 16.8 Å². The number of hydrogen-bond acceptors (Lipinski definition) is 3. The molecule has 0 spiro atoms. The van der Waals surface area contributed by atoms with Gasteiger partial charge in [-0.15, -0.1) is 0 Å². The summed E-state index contributed by atoms with van der Waals surface area (Å²) in [5.74, 6) is -0.837. The van der Waals surface area contributed by atoms with Crippen LogP contribution in [0.2, 0.25) is 0 Å². The van der Waals surface area contributed by atoms with Crippen molar-refractivity contribution in [1.29, 1.82) is 0 Å². The van der Waals surface area contributed by atoms with E-state index in [1.54, 1.807) is 0 Å². The van der Waals surface area contributed by atoms with Gasteiger partial charge in [-0.1, -0.05) is 36.4 Å². The Morgan fingerprint density at radius 2 is 1.91 bits per heavy atom. The highest BCUT2D eigenvalue weighted by molar-refractivity contribution is 5.83. The molecule has 1 atom stereocenters. The van der Waals surface area contributed by atoms with Gasteiger partial charge < -0.3 is 21.9 Å². The van der Waals surface area contributed by atoms with Gasteiger partial charge in [0.05, 0.1) is 0 Å². The van der Waals surface area contributed by atoms with Gasteiger partial charge in [0.2, 0.25) is 0 Å². The summed E-state index contributed by atoms with van der Waals surface area (Å²) in [5, 5.41) is 14.7. The Balaban J connectivity index is 1.91. The molecule has 0 aliphatic rings. The zero-order chi connectivity index (χ0) is 16.7. The molecule has 6 heteroatoms.